The minimum absolute atomic E-state index is 0.243. The van der Waals surface area contributed by atoms with E-state index >= 15 is 0 Å². The number of halogens is 1. The van der Waals surface area contributed by atoms with Gasteiger partial charge in [0, 0.05) is 44.2 Å². The summed E-state index contributed by atoms with van der Waals surface area (Å²) in [5.74, 6) is 0.901. The molecule has 132 valence electrons. The van der Waals surface area contributed by atoms with Crippen molar-refractivity contribution in [3.63, 3.8) is 0 Å². The Hall–Kier alpha value is -1.11. The first kappa shape index (κ1) is 17.7. The monoisotopic (exact) mass is 394 g/mol. The van der Waals surface area contributed by atoms with Crippen LogP contribution in [0.1, 0.15) is 18.4 Å². The van der Waals surface area contributed by atoms with E-state index in [0.29, 0.717) is 6.04 Å². The molecule has 24 heavy (non-hydrogen) atoms. The van der Waals surface area contributed by atoms with Crippen LogP contribution in [0.2, 0.25) is 0 Å². The van der Waals surface area contributed by atoms with E-state index < -0.39 is 0 Å². The molecule has 1 aromatic carbocycles. The molecule has 0 aromatic heterocycles. The molecule has 0 amide bonds. The smallest absolute Gasteiger partial charge is 0.193 e. The third kappa shape index (κ3) is 4.29. The Bertz CT molecular complexity index is 580. The Balaban J connectivity index is 1.50. The number of nitrogens with zero attached hydrogens (tertiary/aromatic N) is 3. The van der Waals surface area contributed by atoms with Gasteiger partial charge in [-0.2, -0.15) is 0 Å². The van der Waals surface area contributed by atoms with Crippen LogP contribution >= 0.6 is 15.9 Å². The Morgan fingerprint density at radius 1 is 1.46 bits per heavy atom. The molecule has 2 heterocycles. The van der Waals surface area contributed by atoms with E-state index in [-0.39, 0.29) is 6.10 Å². The lowest BCUT2D eigenvalue weighted by Crippen LogP contribution is -2.51. The lowest BCUT2D eigenvalue weighted by molar-refractivity contribution is -0.0454. The van der Waals surface area contributed by atoms with Crippen molar-refractivity contribution in [2.24, 2.45) is 4.99 Å². The van der Waals surface area contributed by atoms with Crippen LogP contribution < -0.4 is 5.32 Å². The van der Waals surface area contributed by atoms with Crippen LogP contribution in [0.25, 0.3) is 0 Å². The number of ether oxygens (including phenoxy) is 1. The number of fused-ring (bicyclic) bond motifs is 1. The number of hydrogen-bond donors (Lipinski definition) is 1. The van der Waals surface area contributed by atoms with Gasteiger partial charge < -0.3 is 15.0 Å². The largest absolute Gasteiger partial charge is 0.373 e. The van der Waals surface area contributed by atoms with Crippen molar-refractivity contribution in [3.05, 3.63) is 34.3 Å². The summed E-state index contributed by atoms with van der Waals surface area (Å²) in [6.45, 7) is 4.73. The average molecular weight is 395 g/mol. The van der Waals surface area contributed by atoms with Crippen LogP contribution in [-0.2, 0) is 11.3 Å². The van der Waals surface area contributed by atoms with Gasteiger partial charge in [0.25, 0.3) is 0 Å². The standard InChI is InChI=1S/C18H27BrN4O/c1-20-18(22(2)11-14-6-3-4-8-17(14)19)21-10-16-12-23-9-5-7-15(23)13-24-16/h3-4,6,8,15-16H,5,7,9-13H2,1-2H3,(H,20,21). The quantitative estimate of drug-likeness (QED) is 0.628. The Morgan fingerprint density at radius 2 is 2.29 bits per heavy atom. The fourth-order valence-corrected chi connectivity index (χ4v) is 3.97. The molecule has 1 aromatic rings. The molecule has 2 aliphatic rings. The van der Waals surface area contributed by atoms with Gasteiger partial charge in [-0.3, -0.25) is 9.89 Å². The normalized spacial score (nSPS) is 24.7. The van der Waals surface area contributed by atoms with Crippen molar-refractivity contribution >= 4 is 21.9 Å². The third-order valence-electron chi connectivity index (χ3n) is 4.89. The van der Waals surface area contributed by atoms with Gasteiger partial charge in [-0.05, 0) is 31.0 Å². The van der Waals surface area contributed by atoms with Crippen LogP contribution in [-0.4, -0.2) is 68.2 Å². The summed E-state index contributed by atoms with van der Waals surface area (Å²) in [6.07, 6.45) is 2.84. The molecule has 3 rings (SSSR count). The van der Waals surface area contributed by atoms with Crippen LogP contribution in [0.4, 0.5) is 0 Å². The second-order valence-electron chi connectivity index (χ2n) is 6.62. The molecule has 2 saturated heterocycles. The fraction of sp³-hybridized carbons (Fsp3) is 0.611. The lowest BCUT2D eigenvalue weighted by Gasteiger charge is -2.35. The molecule has 2 unspecified atom stereocenters. The second kappa shape index (κ2) is 8.32. The highest BCUT2D eigenvalue weighted by Gasteiger charge is 2.32. The number of rotatable bonds is 4. The molecule has 0 radical (unpaired) electrons. The second-order valence-corrected chi connectivity index (χ2v) is 7.48. The van der Waals surface area contributed by atoms with Crippen LogP contribution in [0.5, 0.6) is 0 Å². The van der Waals surface area contributed by atoms with E-state index in [2.05, 4.69) is 61.3 Å². The summed E-state index contributed by atoms with van der Waals surface area (Å²) in [5.41, 5.74) is 1.25. The van der Waals surface area contributed by atoms with Gasteiger partial charge in [0.2, 0.25) is 0 Å². The predicted octanol–water partition coefficient (Wildman–Crippen LogP) is 2.32. The number of hydrogen-bond acceptors (Lipinski definition) is 3. The average Bonchev–Trinajstić information content (AvgIpc) is 3.05. The summed E-state index contributed by atoms with van der Waals surface area (Å²) >= 11 is 3.61. The van der Waals surface area contributed by atoms with E-state index in [1.165, 1.54) is 24.9 Å². The maximum atomic E-state index is 6.02. The molecule has 5 nitrogen and oxygen atoms in total. The molecule has 1 N–H and O–H groups in total. The van der Waals surface area contributed by atoms with Crippen molar-refractivity contribution in [2.45, 2.75) is 31.5 Å². The highest BCUT2D eigenvalue weighted by atomic mass is 79.9. The van der Waals surface area contributed by atoms with Crippen LogP contribution in [0.15, 0.2) is 33.7 Å². The van der Waals surface area contributed by atoms with E-state index in [9.17, 15) is 0 Å². The summed E-state index contributed by atoms with van der Waals surface area (Å²) in [7, 11) is 3.89. The van der Waals surface area contributed by atoms with E-state index in [0.717, 1.165) is 36.7 Å². The van der Waals surface area contributed by atoms with E-state index in [4.69, 9.17) is 4.74 Å². The minimum atomic E-state index is 0.243. The Kier molecular flexibility index (Phi) is 6.14. The van der Waals surface area contributed by atoms with Crippen molar-refractivity contribution in [2.75, 3.05) is 40.3 Å². The van der Waals surface area contributed by atoms with Gasteiger partial charge in [0.15, 0.2) is 5.96 Å². The number of guanidine groups is 1. The zero-order chi connectivity index (χ0) is 16.9. The van der Waals surface area contributed by atoms with Gasteiger partial charge in [-0.15, -0.1) is 0 Å². The molecule has 2 atom stereocenters. The van der Waals surface area contributed by atoms with Crippen LogP contribution in [0.3, 0.4) is 0 Å². The maximum absolute atomic E-state index is 6.02. The minimum Gasteiger partial charge on any atom is -0.373 e. The Labute approximate surface area is 153 Å². The first-order chi connectivity index (χ1) is 11.7. The van der Waals surface area contributed by atoms with Crippen molar-refractivity contribution < 1.29 is 4.74 Å². The molecule has 0 bridgehead atoms. The number of aliphatic imine (C=N–C) groups is 1. The highest BCUT2D eigenvalue weighted by molar-refractivity contribution is 9.10. The molecule has 2 fully saturated rings. The van der Waals surface area contributed by atoms with Gasteiger partial charge in [0.05, 0.1) is 12.7 Å². The topological polar surface area (TPSA) is 40.1 Å². The molecule has 6 heteroatoms. The zero-order valence-electron chi connectivity index (χ0n) is 14.5. The van der Waals surface area contributed by atoms with Gasteiger partial charge >= 0.3 is 0 Å². The number of benzene rings is 1. The summed E-state index contributed by atoms with van der Waals surface area (Å²) in [4.78, 5) is 9.12. The van der Waals surface area contributed by atoms with Crippen LogP contribution in [0, 0.1) is 0 Å². The predicted molar refractivity (Wildman–Crippen MR) is 101 cm³/mol. The first-order valence-electron chi connectivity index (χ1n) is 8.68. The molecule has 0 saturated carbocycles. The molecular weight excluding hydrogens is 368 g/mol. The third-order valence-corrected chi connectivity index (χ3v) is 5.66. The van der Waals surface area contributed by atoms with E-state index in [1.54, 1.807) is 0 Å². The zero-order valence-corrected chi connectivity index (χ0v) is 16.1. The van der Waals surface area contributed by atoms with Crippen molar-refractivity contribution in [1.82, 2.24) is 15.1 Å². The van der Waals surface area contributed by atoms with Gasteiger partial charge in [-0.25, -0.2) is 0 Å². The molecule has 0 spiro atoms. The summed E-state index contributed by atoms with van der Waals surface area (Å²) in [5, 5.41) is 3.47. The van der Waals surface area contributed by atoms with Crippen molar-refractivity contribution in [1.29, 1.82) is 0 Å². The highest BCUT2D eigenvalue weighted by Crippen LogP contribution is 2.22. The maximum Gasteiger partial charge on any atom is 0.193 e. The van der Waals surface area contributed by atoms with Gasteiger partial charge in [-0.1, -0.05) is 34.1 Å². The number of morpholine rings is 1. The van der Waals surface area contributed by atoms with E-state index in [1.807, 2.05) is 13.1 Å². The molecular formula is C18H27BrN4O. The fourth-order valence-electron chi connectivity index (χ4n) is 3.56. The Morgan fingerprint density at radius 3 is 3.08 bits per heavy atom. The summed E-state index contributed by atoms with van der Waals surface area (Å²) < 4.78 is 7.15. The SMILES string of the molecule is CN=C(NCC1CN2CCCC2CO1)N(C)Cc1ccccc1Br. The molecule has 0 aliphatic carbocycles. The molecule has 2 aliphatic heterocycles. The lowest BCUT2D eigenvalue weighted by atomic mass is 10.2. The van der Waals surface area contributed by atoms with Gasteiger partial charge in [0.1, 0.15) is 0 Å². The van der Waals surface area contributed by atoms with Crippen molar-refractivity contribution in [3.8, 4) is 0 Å². The summed E-state index contributed by atoms with van der Waals surface area (Å²) in [6, 6.07) is 8.95. The number of nitrogens with one attached hydrogen (secondary N) is 1. The first-order valence-corrected chi connectivity index (χ1v) is 9.47.